The van der Waals surface area contributed by atoms with Gasteiger partial charge in [-0.2, -0.15) is 0 Å². The van der Waals surface area contributed by atoms with E-state index in [1.165, 1.54) is 12.8 Å². The highest BCUT2D eigenvalue weighted by Crippen LogP contribution is 2.36. The molecule has 0 spiro atoms. The molecule has 0 aliphatic heterocycles. The van der Waals surface area contributed by atoms with E-state index in [0.717, 1.165) is 22.5 Å². The zero-order chi connectivity index (χ0) is 13.1. The third-order valence-electron chi connectivity index (χ3n) is 3.45. The van der Waals surface area contributed by atoms with Crippen LogP contribution < -0.4 is 5.32 Å². The van der Waals surface area contributed by atoms with E-state index in [2.05, 4.69) is 28.2 Å². The molecule has 0 aromatic heterocycles. The first kappa shape index (κ1) is 13.5. The molecule has 1 aromatic rings. The fraction of sp³-hybridized carbons (Fsp3) is 0.538. The third kappa shape index (κ3) is 3.53. The Labute approximate surface area is 115 Å². The molecule has 0 heterocycles. The number of halogens is 1. The molecule has 18 heavy (non-hydrogen) atoms. The SMILES string of the molecule is CC(CNCc1cc(Br)ccc1[N+](=O)[O-])C1CC1. The number of nitrogens with zero attached hydrogens (tertiary/aromatic N) is 1. The molecule has 1 aliphatic rings. The molecule has 0 saturated heterocycles. The lowest BCUT2D eigenvalue weighted by Crippen LogP contribution is -2.22. The minimum absolute atomic E-state index is 0.185. The van der Waals surface area contributed by atoms with Gasteiger partial charge in [0.2, 0.25) is 0 Å². The van der Waals surface area contributed by atoms with Gasteiger partial charge in [0.25, 0.3) is 5.69 Å². The van der Waals surface area contributed by atoms with Crippen molar-refractivity contribution in [2.45, 2.75) is 26.3 Å². The maximum Gasteiger partial charge on any atom is 0.273 e. The van der Waals surface area contributed by atoms with Crippen LogP contribution >= 0.6 is 15.9 Å². The molecule has 0 radical (unpaired) electrons. The molecule has 0 amide bonds. The number of rotatable bonds is 6. The third-order valence-corrected chi connectivity index (χ3v) is 3.94. The van der Waals surface area contributed by atoms with Gasteiger partial charge in [-0.25, -0.2) is 0 Å². The molecule has 1 atom stereocenters. The van der Waals surface area contributed by atoms with Gasteiger partial charge in [0, 0.05) is 22.6 Å². The Morgan fingerprint density at radius 3 is 2.89 bits per heavy atom. The van der Waals surface area contributed by atoms with Crippen molar-refractivity contribution in [3.05, 3.63) is 38.3 Å². The summed E-state index contributed by atoms with van der Waals surface area (Å²) in [5.74, 6) is 1.52. The van der Waals surface area contributed by atoms with Gasteiger partial charge in [-0.15, -0.1) is 0 Å². The molecule has 1 aromatic carbocycles. The van der Waals surface area contributed by atoms with E-state index in [-0.39, 0.29) is 10.6 Å². The Balaban J connectivity index is 1.94. The van der Waals surface area contributed by atoms with Crippen LogP contribution in [0.3, 0.4) is 0 Å². The summed E-state index contributed by atoms with van der Waals surface area (Å²) < 4.78 is 0.875. The fourth-order valence-corrected chi connectivity index (χ4v) is 2.55. The highest BCUT2D eigenvalue weighted by molar-refractivity contribution is 9.10. The Morgan fingerprint density at radius 1 is 1.56 bits per heavy atom. The standard InChI is InChI=1S/C13H17BrN2O2/c1-9(10-2-3-10)7-15-8-11-6-12(14)4-5-13(11)16(17)18/h4-6,9-10,15H,2-3,7-8H2,1H3. The second kappa shape index (κ2) is 5.80. The first-order valence-corrected chi connectivity index (χ1v) is 7.00. The highest BCUT2D eigenvalue weighted by atomic mass is 79.9. The first-order chi connectivity index (χ1) is 8.58. The van der Waals surface area contributed by atoms with Crippen molar-refractivity contribution >= 4 is 21.6 Å². The average molecular weight is 313 g/mol. The molecule has 4 nitrogen and oxygen atoms in total. The van der Waals surface area contributed by atoms with E-state index in [1.54, 1.807) is 12.1 Å². The number of nitrogens with one attached hydrogen (secondary N) is 1. The molecular weight excluding hydrogens is 296 g/mol. The van der Waals surface area contributed by atoms with Gasteiger partial charge in [0.15, 0.2) is 0 Å². The fourth-order valence-electron chi connectivity index (χ4n) is 2.14. The van der Waals surface area contributed by atoms with Crippen LogP contribution in [0.1, 0.15) is 25.3 Å². The van der Waals surface area contributed by atoms with Crippen LogP contribution in [0.5, 0.6) is 0 Å². The van der Waals surface area contributed by atoms with Crippen molar-refractivity contribution in [3.63, 3.8) is 0 Å². The Bertz CT molecular complexity index is 447. The van der Waals surface area contributed by atoms with Gasteiger partial charge in [-0.3, -0.25) is 10.1 Å². The second-order valence-electron chi connectivity index (χ2n) is 4.98. The molecule has 1 unspecified atom stereocenters. The average Bonchev–Trinajstić information content (AvgIpc) is 3.12. The normalized spacial score (nSPS) is 16.6. The van der Waals surface area contributed by atoms with E-state index >= 15 is 0 Å². The van der Waals surface area contributed by atoms with E-state index in [0.29, 0.717) is 12.5 Å². The summed E-state index contributed by atoms with van der Waals surface area (Å²) in [6.45, 7) is 3.71. The van der Waals surface area contributed by atoms with E-state index in [1.807, 2.05) is 6.07 Å². The molecule has 1 saturated carbocycles. The van der Waals surface area contributed by atoms with E-state index in [9.17, 15) is 10.1 Å². The largest absolute Gasteiger partial charge is 0.312 e. The zero-order valence-electron chi connectivity index (χ0n) is 10.4. The molecule has 5 heteroatoms. The zero-order valence-corrected chi connectivity index (χ0v) is 11.9. The van der Waals surface area contributed by atoms with Gasteiger partial charge < -0.3 is 5.32 Å². The van der Waals surface area contributed by atoms with Crippen LogP contribution in [0.2, 0.25) is 0 Å². The van der Waals surface area contributed by atoms with Crippen LogP contribution in [0.25, 0.3) is 0 Å². The summed E-state index contributed by atoms with van der Waals surface area (Å²) >= 11 is 3.35. The van der Waals surface area contributed by atoms with Crippen LogP contribution in [0.15, 0.2) is 22.7 Å². The highest BCUT2D eigenvalue weighted by Gasteiger charge is 2.27. The van der Waals surface area contributed by atoms with Crippen LogP contribution in [0.4, 0.5) is 5.69 Å². The van der Waals surface area contributed by atoms with Crippen LogP contribution in [0, 0.1) is 22.0 Å². The number of benzene rings is 1. The number of nitro benzene ring substituents is 1. The Morgan fingerprint density at radius 2 is 2.28 bits per heavy atom. The van der Waals surface area contributed by atoms with Crippen LogP contribution in [-0.4, -0.2) is 11.5 Å². The summed E-state index contributed by atoms with van der Waals surface area (Å²) in [4.78, 5) is 10.6. The van der Waals surface area contributed by atoms with Crippen molar-refractivity contribution < 1.29 is 4.92 Å². The summed E-state index contributed by atoms with van der Waals surface area (Å²) in [6.07, 6.45) is 2.67. The molecule has 2 rings (SSSR count). The molecule has 0 bridgehead atoms. The molecule has 98 valence electrons. The summed E-state index contributed by atoms with van der Waals surface area (Å²) in [5, 5.41) is 14.2. The van der Waals surface area contributed by atoms with Gasteiger partial charge in [0.1, 0.15) is 0 Å². The lowest BCUT2D eigenvalue weighted by atomic mass is 10.1. The van der Waals surface area contributed by atoms with Crippen LogP contribution in [-0.2, 0) is 6.54 Å². The van der Waals surface area contributed by atoms with Crippen molar-refractivity contribution in [2.75, 3.05) is 6.54 Å². The van der Waals surface area contributed by atoms with Gasteiger partial charge in [-0.05, 0) is 43.4 Å². The molecular formula is C13H17BrN2O2. The summed E-state index contributed by atoms with van der Waals surface area (Å²) in [6, 6.07) is 5.06. The van der Waals surface area contributed by atoms with Crippen molar-refractivity contribution in [1.82, 2.24) is 5.32 Å². The number of nitro groups is 1. The Kier molecular flexibility index (Phi) is 4.35. The topological polar surface area (TPSA) is 55.2 Å². The van der Waals surface area contributed by atoms with Gasteiger partial charge in [0.05, 0.1) is 4.92 Å². The quantitative estimate of drug-likeness (QED) is 0.646. The molecule has 1 fully saturated rings. The minimum Gasteiger partial charge on any atom is -0.312 e. The van der Waals surface area contributed by atoms with Crippen molar-refractivity contribution in [3.8, 4) is 0 Å². The maximum atomic E-state index is 10.9. The first-order valence-electron chi connectivity index (χ1n) is 6.21. The number of hydrogen-bond acceptors (Lipinski definition) is 3. The monoisotopic (exact) mass is 312 g/mol. The van der Waals surface area contributed by atoms with E-state index in [4.69, 9.17) is 0 Å². The van der Waals surface area contributed by atoms with E-state index < -0.39 is 0 Å². The van der Waals surface area contributed by atoms with Crippen molar-refractivity contribution in [1.29, 1.82) is 0 Å². The molecule has 1 N–H and O–H groups in total. The second-order valence-corrected chi connectivity index (χ2v) is 5.89. The maximum absolute atomic E-state index is 10.9. The smallest absolute Gasteiger partial charge is 0.273 e. The van der Waals surface area contributed by atoms with Gasteiger partial charge >= 0.3 is 0 Å². The summed E-state index contributed by atoms with van der Waals surface area (Å²) in [5.41, 5.74) is 0.919. The predicted molar refractivity (Wildman–Crippen MR) is 74.4 cm³/mol. The molecule has 1 aliphatic carbocycles. The minimum atomic E-state index is -0.326. The lowest BCUT2D eigenvalue weighted by Gasteiger charge is -2.11. The predicted octanol–water partition coefficient (Wildman–Crippen LogP) is 3.49. The Hall–Kier alpha value is -0.940. The lowest BCUT2D eigenvalue weighted by molar-refractivity contribution is -0.385. The van der Waals surface area contributed by atoms with Crippen molar-refractivity contribution in [2.24, 2.45) is 11.8 Å². The summed E-state index contributed by atoms with van der Waals surface area (Å²) in [7, 11) is 0. The number of hydrogen-bond donors (Lipinski definition) is 1. The van der Waals surface area contributed by atoms with Gasteiger partial charge in [-0.1, -0.05) is 22.9 Å².